The minimum absolute atomic E-state index is 0.163. The minimum Gasteiger partial charge on any atom is -0.377 e. The number of ether oxygens (including phenoxy) is 3. The van der Waals surface area contributed by atoms with Crippen molar-refractivity contribution in [2.45, 2.75) is 110 Å². The second-order valence-corrected chi connectivity index (χ2v) is 10.4. The summed E-state index contributed by atoms with van der Waals surface area (Å²) in [5, 5.41) is 0. The van der Waals surface area contributed by atoms with Crippen molar-refractivity contribution in [3.63, 3.8) is 0 Å². The van der Waals surface area contributed by atoms with E-state index in [-0.39, 0.29) is 23.8 Å². The lowest BCUT2D eigenvalue weighted by molar-refractivity contribution is -0.324. The first-order valence-corrected chi connectivity index (χ1v) is 13.0. The monoisotopic (exact) mass is 456 g/mol. The Bertz CT molecular complexity index is 758. The quantitative estimate of drug-likeness (QED) is 0.265. The maximum absolute atomic E-state index is 11.5. The summed E-state index contributed by atoms with van der Waals surface area (Å²) in [5.41, 5.74) is 2.09. The van der Waals surface area contributed by atoms with Gasteiger partial charge < -0.3 is 14.2 Å². The number of benzene rings is 1. The average Bonchev–Trinajstić information content (AvgIpc) is 2.80. The highest BCUT2D eigenvalue weighted by Crippen LogP contribution is 2.43. The fourth-order valence-electron chi connectivity index (χ4n) is 5.15. The van der Waals surface area contributed by atoms with Crippen LogP contribution in [0.4, 0.5) is 0 Å². The Hall–Kier alpha value is -1.49. The highest BCUT2D eigenvalue weighted by molar-refractivity contribution is 5.92. The third-order valence-corrected chi connectivity index (χ3v) is 7.37. The topological polar surface area (TPSA) is 44.8 Å². The molecule has 0 radical (unpaired) electrons. The largest absolute Gasteiger partial charge is 0.377 e. The summed E-state index contributed by atoms with van der Waals surface area (Å²) < 4.78 is 19.2. The van der Waals surface area contributed by atoms with Crippen LogP contribution in [0.25, 0.3) is 0 Å². The van der Waals surface area contributed by atoms with Crippen LogP contribution in [-0.4, -0.2) is 30.4 Å². The smallest absolute Gasteiger partial charge is 0.169 e. The van der Waals surface area contributed by atoms with Gasteiger partial charge in [0, 0.05) is 19.4 Å². The molecular weight excluding hydrogens is 412 g/mol. The lowest BCUT2D eigenvalue weighted by Crippen LogP contribution is -2.50. The lowest BCUT2D eigenvalue weighted by atomic mass is 9.85. The van der Waals surface area contributed by atoms with Crippen LogP contribution in [0.5, 0.6) is 0 Å². The zero-order valence-electron chi connectivity index (χ0n) is 21.2. The molecule has 184 valence electrons. The molecule has 0 unspecified atom stereocenters. The molecule has 3 rings (SSSR count). The van der Waals surface area contributed by atoms with Crippen LogP contribution in [0.1, 0.15) is 91.0 Å². The molecule has 0 aliphatic carbocycles. The van der Waals surface area contributed by atoms with Crippen molar-refractivity contribution >= 4 is 5.78 Å². The maximum Gasteiger partial charge on any atom is 0.169 e. The van der Waals surface area contributed by atoms with Crippen LogP contribution in [0.15, 0.2) is 42.0 Å². The SMILES string of the molecule is CC(=O)/C(C)=C/[C@@H](C)CC[C@@H]1CCC[C@]2(CC[C@H](C)[C@@H](CCCOCc3ccccc3)O2)O1. The number of carbonyl (C=O) groups is 1. The van der Waals surface area contributed by atoms with Crippen LogP contribution in [0, 0.1) is 11.8 Å². The van der Waals surface area contributed by atoms with Gasteiger partial charge in [-0.1, -0.05) is 50.3 Å². The van der Waals surface area contributed by atoms with Crippen LogP contribution >= 0.6 is 0 Å². The molecule has 1 spiro atoms. The van der Waals surface area contributed by atoms with Crippen molar-refractivity contribution in [2.24, 2.45) is 11.8 Å². The first kappa shape index (κ1) is 26.1. The van der Waals surface area contributed by atoms with Crippen molar-refractivity contribution in [2.75, 3.05) is 6.61 Å². The van der Waals surface area contributed by atoms with Gasteiger partial charge in [0.15, 0.2) is 11.6 Å². The second-order valence-electron chi connectivity index (χ2n) is 10.4. The molecule has 4 heteroatoms. The first-order chi connectivity index (χ1) is 15.9. The molecule has 0 N–H and O–H groups in total. The minimum atomic E-state index is -0.390. The Kier molecular flexibility index (Phi) is 10.2. The van der Waals surface area contributed by atoms with Gasteiger partial charge in [-0.25, -0.2) is 0 Å². The van der Waals surface area contributed by atoms with Crippen molar-refractivity contribution in [1.29, 1.82) is 0 Å². The average molecular weight is 457 g/mol. The van der Waals surface area contributed by atoms with Gasteiger partial charge in [0.05, 0.1) is 18.8 Å². The molecule has 2 aliphatic rings. The first-order valence-electron chi connectivity index (χ1n) is 13.0. The van der Waals surface area contributed by atoms with Gasteiger partial charge in [-0.2, -0.15) is 0 Å². The van der Waals surface area contributed by atoms with Crippen LogP contribution in [-0.2, 0) is 25.6 Å². The van der Waals surface area contributed by atoms with Crippen LogP contribution < -0.4 is 0 Å². The third kappa shape index (κ3) is 8.35. The summed E-state index contributed by atoms with van der Waals surface area (Å²) in [4.78, 5) is 11.5. The van der Waals surface area contributed by atoms with Gasteiger partial charge in [0.2, 0.25) is 0 Å². The zero-order chi connectivity index (χ0) is 23.7. The van der Waals surface area contributed by atoms with Gasteiger partial charge in [-0.15, -0.1) is 0 Å². The summed E-state index contributed by atoms with van der Waals surface area (Å²) in [5.74, 6) is 0.732. The van der Waals surface area contributed by atoms with E-state index in [9.17, 15) is 4.79 Å². The van der Waals surface area contributed by atoms with Gasteiger partial charge >= 0.3 is 0 Å². The Morgan fingerprint density at radius 3 is 2.70 bits per heavy atom. The van der Waals surface area contributed by atoms with E-state index in [0.29, 0.717) is 18.4 Å². The normalized spacial score (nSPS) is 29.2. The second kappa shape index (κ2) is 12.8. The van der Waals surface area contributed by atoms with Gasteiger partial charge in [0.1, 0.15) is 0 Å². The molecule has 1 aromatic carbocycles. The molecule has 33 heavy (non-hydrogen) atoms. The number of rotatable bonds is 11. The predicted octanol–water partition coefficient (Wildman–Crippen LogP) is 7.02. The lowest BCUT2D eigenvalue weighted by Gasteiger charge is -2.48. The highest BCUT2D eigenvalue weighted by atomic mass is 16.7. The van der Waals surface area contributed by atoms with E-state index in [1.807, 2.05) is 13.0 Å². The van der Waals surface area contributed by atoms with E-state index < -0.39 is 0 Å². The van der Waals surface area contributed by atoms with E-state index in [0.717, 1.165) is 57.1 Å². The van der Waals surface area contributed by atoms with Crippen molar-refractivity contribution in [3.8, 4) is 0 Å². The standard InChI is InChI=1S/C29H44O4/c1-22(20-24(3)25(4)30)14-15-27-12-8-17-29(32-27)18-16-23(2)28(33-29)13-9-19-31-21-26-10-6-5-7-11-26/h5-7,10-11,20,22-23,27-28H,8-9,12-19,21H2,1-4H3/b24-20+/t22-,23-,27-,28+,29-/m0/s1. The molecule has 4 nitrogen and oxygen atoms in total. The Morgan fingerprint density at radius 1 is 1.15 bits per heavy atom. The molecule has 0 aromatic heterocycles. The molecule has 0 saturated carbocycles. The predicted molar refractivity (Wildman–Crippen MR) is 133 cm³/mol. The zero-order valence-corrected chi connectivity index (χ0v) is 21.2. The van der Waals surface area contributed by atoms with Crippen LogP contribution in [0.3, 0.4) is 0 Å². The maximum atomic E-state index is 11.5. The van der Waals surface area contributed by atoms with E-state index in [2.05, 4.69) is 44.2 Å². The van der Waals surface area contributed by atoms with Crippen LogP contribution in [0.2, 0.25) is 0 Å². The summed E-state index contributed by atoms with van der Waals surface area (Å²) in [6, 6.07) is 10.4. The van der Waals surface area contributed by atoms with Gasteiger partial charge in [0.25, 0.3) is 0 Å². The van der Waals surface area contributed by atoms with E-state index >= 15 is 0 Å². The third-order valence-electron chi connectivity index (χ3n) is 7.37. The Labute approximate surface area is 201 Å². The van der Waals surface area contributed by atoms with E-state index in [1.165, 1.54) is 18.4 Å². The molecule has 5 atom stereocenters. The Balaban J connectivity index is 1.43. The van der Waals surface area contributed by atoms with Crippen molar-refractivity contribution < 1.29 is 19.0 Å². The highest BCUT2D eigenvalue weighted by Gasteiger charge is 2.44. The van der Waals surface area contributed by atoms with Gasteiger partial charge in [-0.05, 0) is 81.8 Å². The van der Waals surface area contributed by atoms with E-state index in [4.69, 9.17) is 14.2 Å². The molecule has 1 aromatic rings. The number of hydrogen-bond donors (Lipinski definition) is 0. The molecule has 0 amide bonds. The molecule has 0 bridgehead atoms. The number of carbonyl (C=O) groups excluding carboxylic acids is 1. The summed E-state index contributed by atoms with van der Waals surface area (Å²) in [7, 11) is 0. The Morgan fingerprint density at radius 2 is 1.94 bits per heavy atom. The van der Waals surface area contributed by atoms with Gasteiger partial charge in [-0.3, -0.25) is 4.79 Å². The number of Topliss-reactive ketones (excluding diaryl/α,β-unsaturated/α-hetero) is 1. The number of hydrogen-bond acceptors (Lipinski definition) is 4. The van der Waals surface area contributed by atoms with E-state index in [1.54, 1.807) is 6.92 Å². The molecule has 2 saturated heterocycles. The number of allylic oxidation sites excluding steroid dienone is 2. The fourth-order valence-corrected chi connectivity index (χ4v) is 5.15. The molecule has 2 aliphatic heterocycles. The summed E-state index contributed by atoms with van der Waals surface area (Å²) >= 11 is 0. The van der Waals surface area contributed by atoms with Crippen molar-refractivity contribution in [1.82, 2.24) is 0 Å². The number of ketones is 1. The summed E-state index contributed by atoms with van der Waals surface area (Å²) in [6.45, 7) is 9.50. The van der Waals surface area contributed by atoms with Crippen molar-refractivity contribution in [3.05, 3.63) is 47.5 Å². The fraction of sp³-hybridized carbons (Fsp3) is 0.690. The molecule has 2 fully saturated rings. The molecule has 2 heterocycles. The molecular formula is C29H44O4. The summed E-state index contributed by atoms with van der Waals surface area (Å²) in [6.07, 6.45) is 12.2.